The smallest absolute Gasteiger partial charge is 0.225 e. The van der Waals surface area contributed by atoms with Crippen molar-refractivity contribution >= 4 is 5.95 Å². The second-order valence-corrected chi connectivity index (χ2v) is 5.03. The van der Waals surface area contributed by atoms with Crippen LogP contribution in [0.2, 0.25) is 0 Å². The van der Waals surface area contributed by atoms with E-state index in [4.69, 9.17) is 0 Å². The third-order valence-electron chi connectivity index (χ3n) is 3.88. The van der Waals surface area contributed by atoms with Crippen molar-refractivity contribution in [2.75, 3.05) is 31.1 Å². The molecule has 1 saturated heterocycles. The molecule has 1 aromatic heterocycles. The van der Waals surface area contributed by atoms with E-state index in [0.29, 0.717) is 5.92 Å². The normalized spacial score (nSPS) is 22.0. The monoisotopic (exact) mass is 232 g/mol. The topological polar surface area (TPSA) is 41.1 Å². The lowest BCUT2D eigenvalue weighted by Gasteiger charge is -2.27. The predicted molar refractivity (Wildman–Crippen MR) is 68.3 cm³/mol. The Kier molecular flexibility index (Phi) is 3.22. The van der Waals surface area contributed by atoms with Crippen molar-refractivity contribution in [1.29, 1.82) is 0 Å². The van der Waals surface area contributed by atoms with Gasteiger partial charge in [-0.2, -0.15) is 0 Å². The van der Waals surface area contributed by atoms with E-state index in [1.807, 2.05) is 12.4 Å². The number of nitrogens with zero attached hydrogens (tertiary/aromatic N) is 3. The minimum absolute atomic E-state index is 0.715. The Bertz CT molecular complexity index is 350. The molecule has 1 aliphatic heterocycles. The molecule has 3 rings (SSSR count). The van der Waals surface area contributed by atoms with Crippen molar-refractivity contribution in [3.8, 4) is 0 Å². The third-order valence-corrected chi connectivity index (χ3v) is 3.88. The van der Waals surface area contributed by atoms with E-state index in [-0.39, 0.29) is 0 Å². The summed E-state index contributed by atoms with van der Waals surface area (Å²) in [4.78, 5) is 11.3. The van der Waals surface area contributed by atoms with Crippen molar-refractivity contribution in [2.24, 2.45) is 0 Å². The van der Waals surface area contributed by atoms with E-state index in [1.165, 1.54) is 31.2 Å². The van der Waals surface area contributed by atoms with E-state index in [0.717, 1.165) is 32.1 Å². The van der Waals surface area contributed by atoms with Crippen LogP contribution in [-0.4, -0.2) is 36.1 Å². The number of hydrogen-bond donors (Lipinski definition) is 1. The molecule has 4 nitrogen and oxygen atoms in total. The number of nitrogens with one attached hydrogen (secondary N) is 1. The van der Waals surface area contributed by atoms with E-state index in [1.54, 1.807) is 0 Å². The van der Waals surface area contributed by atoms with Gasteiger partial charge in [0.2, 0.25) is 5.95 Å². The van der Waals surface area contributed by atoms with Crippen LogP contribution in [0.3, 0.4) is 0 Å². The molecule has 92 valence electrons. The number of aromatic nitrogens is 2. The summed E-state index contributed by atoms with van der Waals surface area (Å²) in [5.74, 6) is 1.61. The van der Waals surface area contributed by atoms with Crippen molar-refractivity contribution < 1.29 is 0 Å². The summed E-state index contributed by atoms with van der Waals surface area (Å²) in [5, 5.41) is 3.34. The van der Waals surface area contributed by atoms with Crippen LogP contribution >= 0.6 is 0 Å². The van der Waals surface area contributed by atoms with E-state index in [2.05, 4.69) is 20.2 Å². The Balaban J connectivity index is 1.70. The highest BCUT2D eigenvalue weighted by molar-refractivity contribution is 5.31. The highest BCUT2D eigenvalue weighted by atomic mass is 15.3. The van der Waals surface area contributed by atoms with Crippen LogP contribution in [-0.2, 0) is 0 Å². The van der Waals surface area contributed by atoms with Gasteiger partial charge in [-0.05, 0) is 24.3 Å². The summed E-state index contributed by atoms with van der Waals surface area (Å²) in [6.45, 7) is 4.10. The van der Waals surface area contributed by atoms with Gasteiger partial charge in [0.05, 0.1) is 0 Å². The van der Waals surface area contributed by atoms with Crippen molar-refractivity contribution in [2.45, 2.75) is 31.6 Å². The molecule has 2 aliphatic rings. The van der Waals surface area contributed by atoms with Gasteiger partial charge >= 0.3 is 0 Å². The maximum Gasteiger partial charge on any atom is 0.225 e. The van der Waals surface area contributed by atoms with Crippen molar-refractivity contribution in [1.82, 2.24) is 15.3 Å². The van der Waals surface area contributed by atoms with Gasteiger partial charge in [-0.1, -0.05) is 12.8 Å². The van der Waals surface area contributed by atoms with Crippen molar-refractivity contribution in [3.63, 3.8) is 0 Å². The second kappa shape index (κ2) is 5.00. The summed E-state index contributed by atoms with van der Waals surface area (Å²) >= 11 is 0. The molecule has 2 heterocycles. The van der Waals surface area contributed by atoms with Gasteiger partial charge in [-0.3, -0.25) is 0 Å². The fourth-order valence-corrected chi connectivity index (χ4v) is 2.83. The zero-order chi connectivity index (χ0) is 11.5. The highest BCUT2D eigenvalue weighted by Gasteiger charge is 2.18. The molecule has 1 saturated carbocycles. The molecular formula is C13H20N4. The van der Waals surface area contributed by atoms with Gasteiger partial charge < -0.3 is 10.2 Å². The molecule has 0 unspecified atom stereocenters. The first kappa shape index (κ1) is 11.0. The van der Waals surface area contributed by atoms with E-state index in [9.17, 15) is 0 Å². The second-order valence-electron chi connectivity index (χ2n) is 5.03. The largest absolute Gasteiger partial charge is 0.338 e. The first-order valence-corrected chi connectivity index (χ1v) is 6.71. The van der Waals surface area contributed by atoms with Gasteiger partial charge in [0.25, 0.3) is 0 Å². The lowest BCUT2D eigenvalue weighted by molar-refractivity contribution is 0.579. The average molecular weight is 232 g/mol. The lowest BCUT2D eigenvalue weighted by atomic mass is 10.0. The predicted octanol–water partition coefficient (Wildman–Crippen LogP) is 1.54. The fourth-order valence-electron chi connectivity index (χ4n) is 2.83. The molecule has 1 aliphatic carbocycles. The minimum Gasteiger partial charge on any atom is -0.338 e. The summed E-state index contributed by atoms with van der Waals surface area (Å²) in [5.41, 5.74) is 1.33. The SMILES string of the molecule is c1nc(N2CCNCC2)ncc1C1CCCC1. The summed E-state index contributed by atoms with van der Waals surface area (Å²) in [7, 11) is 0. The highest BCUT2D eigenvalue weighted by Crippen LogP contribution is 2.33. The maximum absolute atomic E-state index is 4.53. The molecule has 0 amide bonds. The number of rotatable bonds is 2. The standard InChI is InChI=1S/C13H20N4/c1-2-4-11(3-1)12-9-15-13(16-10-12)17-7-5-14-6-8-17/h9-11,14H,1-8H2. The van der Waals surface area contributed by atoms with Crippen LogP contribution in [0.4, 0.5) is 5.95 Å². The van der Waals surface area contributed by atoms with E-state index < -0.39 is 0 Å². The molecule has 0 aromatic carbocycles. The molecule has 2 fully saturated rings. The zero-order valence-corrected chi connectivity index (χ0v) is 10.2. The molecule has 1 aromatic rings. The Morgan fingerprint density at radius 1 is 1.06 bits per heavy atom. The molecule has 1 N–H and O–H groups in total. The molecule has 0 spiro atoms. The van der Waals surface area contributed by atoms with Gasteiger partial charge in [0.1, 0.15) is 0 Å². The molecule has 17 heavy (non-hydrogen) atoms. The van der Waals surface area contributed by atoms with Crippen LogP contribution in [0.1, 0.15) is 37.2 Å². The zero-order valence-electron chi connectivity index (χ0n) is 10.2. The Morgan fingerprint density at radius 3 is 2.35 bits per heavy atom. The van der Waals surface area contributed by atoms with Gasteiger partial charge in [-0.15, -0.1) is 0 Å². The summed E-state index contributed by atoms with van der Waals surface area (Å²) < 4.78 is 0. The summed E-state index contributed by atoms with van der Waals surface area (Å²) in [6, 6.07) is 0. The molecular weight excluding hydrogens is 212 g/mol. The molecule has 4 heteroatoms. The average Bonchev–Trinajstić information content (AvgIpc) is 2.94. The van der Waals surface area contributed by atoms with Gasteiger partial charge in [0.15, 0.2) is 0 Å². The molecule has 0 radical (unpaired) electrons. The number of piperazine rings is 1. The maximum atomic E-state index is 4.53. The van der Waals surface area contributed by atoms with Crippen molar-refractivity contribution in [3.05, 3.63) is 18.0 Å². The van der Waals surface area contributed by atoms with Gasteiger partial charge in [-0.25, -0.2) is 9.97 Å². The van der Waals surface area contributed by atoms with Crippen LogP contribution in [0, 0.1) is 0 Å². The fraction of sp³-hybridized carbons (Fsp3) is 0.692. The third kappa shape index (κ3) is 2.41. The Hall–Kier alpha value is -1.16. The number of anilines is 1. The first-order valence-electron chi connectivity index (χ1n) is 6.71. The minimum atomic E-state index is 0.715. The lowest BCUT2D eigenvalue weighted by Crippen LogP contribution is -2.44. The summed E-state index contributed by atoms with van der Waals surface area (Å²) in [6.07, 6.45) is 9.45. The Labute approximate surface area is 102 Å². The van der Waals surface area contributed by atoms with Crippen LogP contribution < -0.4 is 10.2 Å². The molecule has 0 bridgehead atoms. The van der Waals surface area contributed by atoms with Crippen LogP contribution in [0.15, 0.2) is 12.4 Å². The Morgan fingerprint density at radius 2 is 1.71 bits per heavy atom. The van der Waals surface area contributed by atoms with Crippen LogP contribution in [0.25, 0.3) is 0 Å². The number of hydrogen-bond acceptors (Lipinski definition) is 4. The molecule has 0 atom stereocenters. The van der Waals surface area contributed by atoms with Crippen LogP contribution in [0.5, 0.6) is 0 Å². The van der Waals surface area contributed by atoms with Gasteiger partial charge in [0, 0.05) is 38.6 Å². The quantitative estimate of drug-likeness (QED) is 0.840. The van der Waals surface area contributed by atoms with E-state index >= 15 is 0 Å². The first-order chi connectivity index (χ1) is 8.43.